The third-order valence-corrected chi connectivity index (χ3v) is 4.84. The van der Waals surface area contributed by atoms with E-state index in [-0.39, 0.29) is 6.61 Å². The second-order valence-corrected chi connectivity index (χ2v) is 6.49. The van der Waals surface area contributed by atoms with Crippen LogP contribution in [0.2, 0.25) is 0 Å². The van der Waals surface area contributed by atoms with Gasteiger partial charge < -0.3 is 15.3 Å². The molecule has 4 nitrogen and oxygen atoms in total. The lowest BCUT2D eigenvalue weighted by Gasteiger charge is -2.28. The molecule has 2 aliphatic heterocycles. The van der Waals surface area contributed by atoms with Crippen LogP contribution in [0.25, 0.3) is 5.57 Å². The minimum atomic E-state index is 0.156. The van der Waals surface area contributed by atoms with Gasteiger partial charge in [0, 0.05) is 36.5 Å². The topological polar surface area (TPSA) is 47.9 Å². The zero-order valence-electron chi connectivity index (χ0n) is 13.1. The summed E-state index contributed by atoms with van der Waals surface area (Å²) in [6.07, 6.45) is 8.28. The molecule has 0 unspecified atom stereocenters. The second-order valence-electron chi connectivity index (χ2n) is 5.63. The Labute approximate surface area is 145 Å². The van der Waals surface area contributed by atoms with Crippen molar-refractivity contribution in [1.29, 1.82) is 0 Å². The van der Waals surface area contributed by atoms with E-state index in [1.807, 2.05) is 6.20 Å². The van der Waals surface area contributed by atoms with Crippen molar-refractivity contribution >= 4 is 27.3 Å². The lowest BCUT2D eigenvalue weighted by atomic mass is 9.98. The molecule has 1 aromatic carbocycles. The monoisotopic (exact) mass is 373 g/mol. The van der Waals surface area contributed by atoms with Crippen LogP contribution >= 0.6 is 15.9 Å². The molecule has 5 heteroatoms. The van der Waals surface area contributed by atoms with E-state index in [2.05, 4.69) is 74.6 Å². The highest BCUT2D eigenvalue weighted by Crippen LogP contribution is 2.29. The quantitative estimate of drug-likeness (QED) is 0.780. The molecule has 3 rings (SSSR count). The smallest absolute Gasteiger partial charge is 0.133 e. The highest BCUT2D eigenvalue weighted by Gasteiger charge is 2.18. The van der Waals surface area contributed by atoms with E-state index in [0.29, 0.717) is 6.54 Å². The minimum absolute atomic E-state index is 0.156. The lowest BCUT2D eigenvalue weighted by Crippen LogP contribution is -2.34. The summed E-state index contributed by atoms with van der Waals surface area (Å²) in [6, 6.07) is 6.25. The summed E-state index contributed by atoms with van der Waals surface area (Å²) < 4.78 is 1.12. The maximum atomic E-state index is 8.82. The molecule has 0 atom stereocenters. The fraction of sp³-hybridized carbons (Fsp3) is 0.278. The van der Waals surface area contributed by atoms with Gasteiger partial charge in [-0.05, 0) is 47.4 Å². The molecule has 23 heavy (non-hydrogen) atoms. The van der Waals surface area contributed by atoms with E-state index in [1.54, 1.807) is 0 Å². The molecule has 0 amide bonds. The van der Waals surface area contributed by atoms with Crippen LogP contribution in [0.5, 0.6) is 0 Å². The number of nitrogens with one attached hydrogen (secondary N) is 1. The summed E-state index contributed by atoms with van der Waals surface area (Å²) in [5.74, 6) is 0.966. The van der Waals surface area contributed by atoms with E-state index in [0.717, 1.165) is 23.4 Å². The summed E-state index contributed by atoms with van der Waals surface area (Å²) >= 11 is 3.59. The van der Waals surface area contributed by atoms with Crippen LogP contribution in [0.3, 0.4) is 0 Å². The zero-order valence-corrected chi connectivity index (χ0v) is 14.7. The highest BCUT2D eigenvalue weighted by molar-refractivity contribution is 9.10. The standard InChI is InChI=1S/C18H20BrN3O/c1-13-16(3-2-4-17(13)19)15-5-7-22-12-14(10-20-6-8-23)11-21-18(22)9-15/h2-5,7,9,11,20,23H,6,8,10,12H2,1H3. The number of aliphatic hydroxyl groups excluding tert-OH is 1. The Kier molecular flexibility index (Phi) is 5.10. The number of aliphatic imine (C=N–C) groups is 1. The van der Waals surface area contributed by atoms with Gasteiger partial charge in [-0.3, -0.25) is 0 Å². The van der Waals surface area contributed by atoms with E-state index < -0.39 is 0 Å². The molecule has 1 aromatic rings. The maximum absolute atomic E-state index is 8.82. The molecule has 0 fully saturated rings. The van der Waals surface area contributed by atoms with E-state index in [1.165, 1.54) is 22.3 Å². The van der Waals surface area contributed by atoms with Crippen LogP contribution in [0, 0.1) is 6.92 Å². The van der Waals surface area contributed by atoms with Crippen molar-refractivity contribution < 1.29 is 5.11 Å². The predicted molar refractivity (Wildman–Crippen MR) is 98.2 cm³/mol. The molecule has 0 radical (unpaired) electrons. The van der Waals surface area contributed by atoms with Gasteiger partial charge in [0.1, 0.15) is 5.84 Å². The second kappa shape index (κ2) is 7.25. The molecule has 120 valence electrons. The van der Waals surface area contributed by atoms with Gasteiger partial charge in [0.05, 0.1) is 6.61 Å². The van der Waals surface area contributed by atoms with E-state index >= 15 is 0 Å². The van der Waals surface area contributed by atoms with Crippen LogP contribution in [0.4, 0.5) is 0 Å². The van der Waals surface area contributed by atoms with Gasteiger partial charge in [-0.2, -0.15) is 0 Å². The fourth-order valence-electron chi connectivity index (χ4n) is 2.70. The first-order valence-corrected chi connectivity index (χ1v) is 8.47. The Balaban J connectivity index is 1.81. The third kappa shape index (κ3) is 3.63. The van der Waals surface area contributed by atoms with Crippen LogP contribution < -0.4 is 5.32 Å². The first-order chi connectivity index (χ1) is 11.2. The lowest BCUT2D eigenvalue weighted by molar-refractivity contribution is 0.294. The Hall–Kier alpha value is -1.69. The van der Waals surface area contributed by atoms with Gasteiger partial charge in [0.25, 0.3) is 0 Å². The molecule has 0 spiro atoms. The molecule has 0 aromatic heterocycles. The number of hydrogen-bond acceptors (Lipinski definition) is 4. The van der Waals surface area contributed by atoms with Gasteiger partial charge in [-0.15, -0.1) is 0 Å². The first kappa shape index (κ1) is 16.2. The number of allylic oxidation sites excluding steroid dienone is 2. The summed E-state index contributed by atoms with van der Waals surface area (Å²) in [7, 11) is 0. The van der Waals surface area contributed by atoms with E-state index in [9.17, 15) is 0 Å². The maximum Gasteiger partial charge on any atom is 0.133 e. The predicted octanol–water partition coefficient (Wildman–Crippen LogP) is 2.85. The van der Waals surface area contributed by atoms with Gasteiger partial charge in [0.2, 0.25) is 0 Å². The zero-order chi connectivity index (χ0) is 16.2. The Morgan fingerprint density at radius 1 is 1.39 bits per heavy atom. The molecule has 0 saturated carbocycles. The van der Waals surface area contributed by atoms with Crippen LogP contribution in [-0.4, -0.2) is 42.1 Å². The SMILES string of the molecule is Cc1c(Br)cccc1C1=CC2=NC=C(CNCCO)CN2C=C1. The average molecular weight is 374 g/mol. The number of nitrogens with zero attached hydrogens (tertiary/aromatic N) is 2. The highest BCUT2D eigenvalue weighted by atomic mass is 79.9. The molecule has 2 aliphatic rings. The molecular formula is C18H20BrN3O. The average Bonchev–Trinajstić information content (AvgIpc) is 2.57. The number of benzene rings is 1. The normalized spacial score (nSPS) is 16.7. The Bertz CT molecular complexity index is 719. The van der Waals surface area contributed by atoms with Crippen LogP contribution in [-0.2, 0) is 0 Å². The minimum Gasteiger partial charge on any atom is -0.395 e. The summed E-state index contributed by atoms with van der Waals surface area (Å²) in [5, 5.41) is 12.0. The van der Waals surface area contributed by atoms with Crippen molar-refractivity contribution in [1.82, 2.24) is 10.2 Å². The number of rotatable bonds is 5. The van der Waals surface area contributed by atoms with Crippen molar-refractivity contribution in [2.75, 3.05) is 26.2 Å². The molecular weight excluding hydrogens is 354 g/mol. The van der Waals surface area contributed by atoms with E-state index in [4.69, 9.17) is 5.11 Å². The number of amidine groups is 1. The van der Waals surface area contributed by atoms with Gasteiger partial charge in [-0.25, -0.2) is 4.99 Å². The Morgan fingerprint density at radius 2 is 2.26 bits per heavy atom. The van der Waals surface area contributed by atoms with Gasteiger partial charge >= 0.3 is 0 Å². The fourth-order valence-corrected chi connectivity index (χ4v) is 3.06. The number of hydrogen-bond donors (Lipinski definition) is 2. The van der Waals surface area contributed by atoms with Gasteiger partial charge in [-0.1, -0.05) is 28.1 Å². The number of halogens is 1. The number of aliphatic hydroxyl groups is 1. The van der Waals surface area contributed by atoms with Crippen LogP contribution in [0.15, 0.2) is 57.8 Å². The van der Waals surface area contributed by atoms with Crippen LogP contribution in [0.1, 0.15) is 11.1 Å². The van der Waals surface area contributed by atoms with Crippen molar-refractivity contribution in [3.8, 4) is 0 Å². The van der Waals surface area contributed by atoms with Gasteiger partial charge in [0.15, 0.2) is 0 Å². The Morgan fingerprint density at radius 3 is 3.09 bits per heavy atom. The molecule has 2 N–H and O–H groups in total. The van der Waals surface area contributed by atoms with Crippen molar-refractivity contribution in [3.63, 3.8) is 0 Å². The van der Waals surface area contributed by atoms with Crippen molar-refractivity contribution in [2.45, 2.75) is 6.92 Å². The summed E-state index contributed by atoms with van der Waals surface area (Å²) in [5.41, 5.74) is 4.84. The molecule has 0 bridgehead atoms. The third-order valence-electron chi connectivity index (χ3n) is 3.99. The summed E-state index contributed by atoms with van der Waals surface area (Å²) in [4.78, 5) is 6.72. The van der Waals surface area contributed by atoms with Crippen molar-refractivity contribution in [2.24, 2.45) is 4.99 Å². The first-order valence-electron chi connectivity index (χ1n) is 7.68. The number of fused-ring (bicyclic) bond motifs is 1. The molecule has 0 saturated heterocycles. The molecule has 2 heterocycles. The van der Waals surface area contributed by atoms with Crippen molar-refractivity contribution in [3.05, 3.63) is 63.9 Å². The summed E-state index contributed by atoms with van der Waals surface area (Å²) in [6.45, 7) is 4.46. The largest absolute Gasteiger partial charge is 0.395 e. The molecule has 0 aliphatic carbocycles.